The molecule has 1 saturated carbocycles. The van der Waals surface area contributed by atoms with E-state index in [9.17, 15) is 0 Å². The lowest BCUT2D eigenvalue weighted by Gasteiger charge is -2.31. The van der Waals surface area contributed by atoms with Gasteiger partial charge in [0, 0.05) is 44.0 Å². The van der Waals surface area contributed by atoms with Gasteiger partial charge >= 0.3 is 0 Å². The molecule has 0 spiro atoms. The van der Waals surface area contributed by atoms with Crippen molar-refractivity contribution < 1.29 is 0 Å². The molecule has 180 valence electrons. The molecule has 35 heavy (non-hydrogen) atoms. The molecule has 5 rings (SSSR count). The van der Waals surface area contributed by atoms with E-state index in [1.165, 1.54) is 11.1 Å². The van der Waals surface area contributed by atoms with E-state index >= 15 is 0 Å². The van der Waals surface area contributed by atoms with Crippen LogP contribution in [-0.2, 0) is 0 Å². The summed E-state index contributed by atoms with van der Waals surface area (Å²) in [4.78, 5) is 11.7. The van der Waals surface area contributed by atoms with E-state index < -0.39 is 0 Å². The van der Waals surface area contributed by atoms with Crippen LogP contribution in [0.15, 0.2) is 84.9 Å². The molecule has 5 heteroatoms. The fraction of sp³-hybridized carbons (Fsp3) is 0.333. The largest absolute Gasteiger partial charge is 0.362 e. The third-order valence-corrected chi connectivity index (χ3v) is 7.08. The van der Waals surface area contributed by atoms with Gasteiger partial charge in [-0.2, -0.15) is 4.98 Å². The Morgan fingerprint density at radius 1 is 0.743 bits per heavy atom. The molecule has 1 aliphatic carbocycles. The van der Waals surface area contributed by atoms with Crippen LogP contribution in [-0.4, -0.2) is 42.7 Å². The molecule has 1 aliphatic rings. The number of aromatic nitrogens is 2. The molecule has 1 heterocycles. The highest BCUT2D eigenvalue weighted by atomic mass is 15.2. The average molecular weight is 466 g/mol. The maximum absolute atomic E-state index is 4.83. The van der Waals surface area contributed by atoms with E-state index in [0.29, 0.717) is 18.0 Å². The van der Waals surface area contributed by atoms with Crippen molar-refractivity contribution in [1.82, 2.24) is 15.3 Å². The van der Waals surface area contributed by atoms with E-state index in [1.54, 1.807) is 0 Å². The second kappa shape index (κ2) is 10.9. The molecule has 1 aromatic heterocycles. The molecule has 0 radical (unpaired) electrons. The summed E-state index contributed by atoms with van der Waals surface area (Å²) in [6.07, 6.45) is 4.54. The van der Waals surface area contributed by atoms with E-state index in [2.05, 4.69) is 88.3 Å². The van der Waals surface area contributed by atoms with Gasteiger partial charge < -0.3 is 15.5 Å². The van der Waals surface area contributed by atoms with Crippen LogP contribution in [0.4, 0.5) is 11.8 Å². The first-order valence-electron chi connectivity index (χ1n) is 12.7. The Hall–Kier alpha value is -3.44. The Morgan fingerprint density at radius 3 is 1.94 bits per heavy atom. The van der Waals surface area contributed by atoms with Gasteiger partial charge in [0.15, 0.2) is 0 Å². The lowest BCUT2D eigenvalue weighted by Crippen LogP contribution is -2.39. The Morgan fingerprint density at radius 2 is 1.31 bits per heavy atom. The molecule has 2 N–H and O–H groups in total. The van der Waals surface area contributed by atoms with Gasteiger partial charge in [0.1, 0.15) is 5.82 Å². The van der Waals surface area contributed by atoms with Gasteiger partial charge in [-0.05, 0) is 48.9 Å². The van der Waals surface area contributed by atoms with Crippen LogP contribution < -0.4 is 15.5 Å². The fourth-order valence-electron chi connectivity index (χ4n) is 5.17. The molecule has 0 amide bonds. The molecule has 3 aromatic carbocycles. The van der Waals surface area contributed by atoms with Crippen LogP contribution in [0.5, 0.6) is 0 Å². The zero-order valence-electron chi connectivity index (χ0n) is 20.7. The second-order valence-electron chi connectivity index (χ2n) is 9.76. The Bertz CT molecular complexity index is 1180. The van der Waals surface area contributed by atoms with Crippen LogP contribution in [0, 0.1) is 0 Å². The number of para-hydroxylation sites is 1. The van der Waals surface area contributed by atoms with Crippen LogP contribution >= 0.6 is 0 Å². The third-order valence-electron chi connectivity index (χ3n) is 7.08. The monoisotopic (exact) mass is 465 g/mol. The molecular weight excluding hydrogens is 430 g/mol. The lowest BCUT2D eigenvalue weighted by atomic mass is 9.88. The molecule has 5 nitrogen and oxygen atoms in total. The first-order chi connectivity index (χ1) is 17.2. The van der Waals surface area contributed by atoms with Crippen molar-refractivity contribution in [2.24, 2.45) is 0 Å². The van der Waals surface area contributed by atoms with E-state index in [-0.39, 0.29) is 0 Å². The van der Waals surface area contributed by atoms with Crippen molar-refractivity contribution in [3.63, 3.8) is 0 Å². The lowest BCUT2D eigenvalue weighted by molar-refractivity contribution is 0.350. The predicted molar refractivity (Wildman–Crippen MR) is 146 cm³/mol. The molecular formula is C30H35N5. The van der Waals surface area contributed by atoms with Gasteiger partial charge in [0.2, 0.25) is 5.95 Å². The van der Waals surface area contributed by atoms with E-state index in [1.807, 2.05) is 26.2 Å². The topological polar surface area (TPSA) is 53.1 Å². The van der Waals surface area contributed by atoms with E-state index in [4.69, 9.17) is 9.97 Å². The highest BCUT2D eigenvalue weighted by molar-refractivity contribution is 5.90. The number of benzene rings is 3. The number of nitrogens with zero attached hydrogens (tertiary/aromatic N) is 3. The quantitative estimate of drug-likeness (QED) is 0.342. The Kier molecular flexibility index (Phi) is 7.24. The first kappa shape index (κ1) is 23.3. The summed E-state index contributed by atoms with van der Waals surface area (Å²) < 4.78 is 0. The van der Waals surface area contributed by atoms with Crippen molar-refractivity contribution in [2.45, 2.75) is 43.7 Å². The summed E-state index contributed by atoms with van der Waals surface area (Å²) in [7, 11) is 4.07. The van der Waals surface area contributed by atoms with Crippen LogP contribution in [0.1, 0.15) is 42.7 Å². The number of anilines is 2. The molecule has 0 unspecified atom stereocenters. The minimum atomic E-state index is 0.365. The molecule has 0 saturated heterocycles. The van der Waals surface area contributed by atoms with E-state index in [0.717, 1.165) is 54.9 Å². The molecule has 0 atom stereocenters. The van der Waals surface area contributed by atoms with Crippen molar-refractivity contribution in [1.29, 1.82) is 0 Å². The average Bonchev–Trinajstić information content (AvgIpc) is 2.90. The number of rotatable bonds is 8. The van der Waals surface area contributed by atoms with Crippen molar-refractivity contribution in [3.05, 3.63) is 96.1 Å². The first-order valence-corrected chi connectivity index (χ1v) is 12.7. The number of nitrogens with one attached hydrogen (secondary N) is 2. The zero-order chi connectivity index (χ0) is 24.0. The number of hydrogen-bond donors (Lipinski definition) is 2. The zero-order valence-corrected chi connectivity index (χ0v) is 20.7. The summed E-state index contributed by atoms with van der Waals surface area (Å²) >= 11 is 0. The minimum absolute atomic E-state index is 0.365. The van der Waals surface area contributed by atoms with Gasteiger partial charge in [0.05, 0.1) is 5.52 Å². The maximum atomic E-state index is 4.83. The van der Waals surface area contributed by atoms with Crippen molar-refractivity contribution in [3.8, 4) is 0 Å². The van der Waals surface area contributed by atoms with Crippen LogP contribution in [0.2, 0.25) is 0 Å². The summed E-state index contributed by atoms with van der Waals surface area (Å²) in [5.74, 6) is 2.06. The predicted octanol–water partition coefficient (Wildman–Crippen LogP) is 5.84. The minimum Gasteiger partial charge on any atom is -0.362 e. The Balaban J connectivity index is 1.20. The standard InChI is InChI=1S/C30H35N5/c1-35(2)29-26-15-9-10-16-28(26)33-30(34-29)32-25-19-17-24(18-20-25)31-21-27(22-11-5-3-6-12-22)23-13-7-4-8-14-23/h3-16,24-25,27,31H,17-21H2,1-2H3,(H,32,33,34)/t24-,25+. The highest BCUT2D eigenvalue weighted by Crippen LogP contribution is 2.28. The maximum Gasteiger partial charge on any atom is 0.225 e. The van der Waals surface area contributed by atoms with Gasteiger partial charge in [0.25, 0.3) is 0 Å². The molecule has 4 aromatic rings. The van der Waals surface area contributed by atoms with Crippen molar-refractivity contribution >= 4 is 22.7 Å². The third kappa shape index (κ3) is 5.63. The van der Waals surface area contributed by atoms with Gasteiger partial charge in [-0.1, -0.05) is 72.8 Å². The summed E-state index contributed by atoms with van der Waals surface area (Å²) in [5.41, 5.74) is 3.72. The Labute approximate surface area is 208 Å². The molecule has 0 aliphatic heterocycles. The molecule has 0 bridgehead atoms. The summed E-state index contributed by atoms with van der Waals surface area (Å²) in [6.45, 7) is 0.955. The summed E-state index contributed by atoms with van der Waals surface area (Å²) in [5, 5.41) is 8.60. The second-order valence-corrected chi connectivity index (χ2v) is 9.76. The molecule has 1 fully saturated rings. The number of hydrogen-bond acceptors (Lipinski definition) is 5. The van der Waals surface area contributed by atoms with Crippen molar-refractivity contribution in [2.75, 3.05) is 30.9 Å². The van der Waals surface area contributed by atoms with Crippen LogP contribution in [0.25, 0.3) is 10.9 Å². The van der Waals surface area contributed by atoms with Gasteiger partial charge in [-0.15, -0.1) is 0 Å². The fourth-order valence-corrected chi connectivity index (χ4v) is 5.17. The smallest absolute Gasteiger partial charge is 0.225 e. The van der Waals surface area contributed by atoms with Crippen LogP contribution in [0.3, 0.4) is 0 Å². The normalized spacial score (nSPS) is 18.0. The summed E-state index contributed by atoms with van der Waals surface area (Å²) in [6, 6.07) is 30.9. The SMILES string of the molecule is CN(C)c1nc(N[C@H]2CC[C@@H](NCC(c3ccccc3)c3ccccc3)CC2)nc2ccccc12. The number of fused-ring (bicyclic) bond motifs is 1. The highest BCUT2D eigenvalue weighted by Gasteiger charge is 2.23. The van der Waals surface area contributed by atoms with Gasteiger partial charge in [-0.25, -0.2) is 4.98 Å². The van der Waals surface area contributed by atoms with Gasteiger partial charge in [-0.3, -0.25) is 0 Å².